The molecule has 0 heterocycles. The van der Waals surface area contributed by atoms with E-state index >= 15 is 0 Å². The molecule has 10 heteroatoms. The third kappa shape index (κ3) is 8.20. The van der Waals surface area contributed by atoms with Crippen molar-refractivity contribution in [3.8, 4) is 23.0 Å². The van der Waals surface area contributed by atoms with Crippen LogP contribution in [0.2, 0.25) is 0 Å². The molecule has 5 rings (SSSR count). The fraction of sp³-hybridized carbons (Fsp3) is 0.0811. The number of carbonyl (C=O) groups is 4. The Morgan fingerprint density at radius 1 is 0.553 bits per heavy atom. The maximum Gasteiger partial charge on any atom is 0.343 e. The van der Waals surface area contributed by atoms with E-state index in [0.29, 0.717) is 33.9 Å². The summed E-state index contributed by atoms with van der Waals surface area (Å²) in [6, 6.07) is 25.3. The van der Waals surface area contributed by atoms with Crippen LogP contribution >= 0.6 is 0 Å². The van der Waals surface area contributed by atoms with Gasteiger partial charge in [0.1, 0.15) is 23.0 Å². The zero-order chi connectivity index (χ0) is 33.3. The Morgan fingerprint density at radius 2 is 1.00 bits per heavy atom. The van der Waals surface area contributed by atoms with Gasteiger partial charge in [-0.05, 0) is 101 Å². The molecule has 0 spiro atoms. The number of rotatable bonds is 12. The second-order valence-corrected chi connectivity index (χ2v) is 10.0. The maximum absolute atomic E-state index is 13.0. The quantitative estimate of drug-likeness (QED) is 0.0623. The molecule has 5 aromatic rings. The number of fused-ring (bicyclic) bond motifs is 2. The molecule has 0 fully saturated rings. The number of hydrogen-bond donors (Lipinski definition) is 0. The average Bonchev–Trinajstić information content (AvgIpc) is 3.08. The number of ether oxygens (including phenoxy) is 6. The van der Waals surface area contributed by atoms with Crippen LogP contribution < -0.4 is 18.9 Å². The molecular formula is C37H28O10. The predicted octanol–water partition coefficient (Wildman–Crippen LogP) is 6.87. The Kier molecular flexibility index (Phi) is 9.92. The fourth-order valence-electron chi connectivity index (χ4n) is 4.43. The van der Waals surface area contributed by atoms with Gasteiger partial charge >= 0.3 is 23.9 Å². The number of carbonyl (C=O) groups excluding carboxylic acids is 4. The van der Waals surface area contributed by atoms with Gasteiger partial charge in [-0.3, -0.25) is 0 Å². The number of esters is 4. The van der Waals surface area contributed by atoms with E-state index in [1.807, 2.05) is 0 Å². The van der Waals surface area contributed by atoms with Crippen LogP contribution in [0.4, 0.5) is 0 Å². The molecule has 5 aromatic carbocycles. The first-order valence-corrected chi connectivity index (χ1v) is 14.2. The van der Waals surface area contributed by atoms with Gasteiger partial charge in [0.15, 0.2) is 0 Å². The largest absolute Gasteiger partial charge is 0.457 e. The summed E-state index contributed by atoms with van der Waals surface area (Å²) in [5.74, 6) is -0.701. The normalized spacial score (nSPS) is 10.5. The summed E-state index contributed by atoms with van der Waals surface area (Å²) in [6.07, 6.45) is 2.10. The zero-order valence-corrected chi connectivity index (χ0v) is 25.2. The Morgan fingerprint density at radius 3 is 1.49 bits per heavy atom. The first-order valence-electron chi connectivity index (χ1n) is 14.2. The second kappa shape index (κ2) is 14.6. The molecule has 0 atom stereocenters. The number of hydrogen-bond acceptors (Lipinski definition) is 10. The van der Waals surface area contributed by atoms with Crippen LogP contribution in [0.15, 0.2) is 116 Å². The summed E-state index contributed by atoms with van der Waals surface area (Å²) in [6.45, 7) is 7.89. The van der Waals surface area contributed by atoms with Gasteiger partial charge in [0, 0.05) is 12.2 Å². The maximum atomic E-state index is 13.0. The van der Waals surface area contributed by atoms with Crippen molar-refractivity contribution < 1.29 is 47.6 Å². The molecule has 236 valence electrons. The molecule has 0 amide bonds. The Balaban J connectivity index is 1.19. The summed E-state index contributed by atoms with van der Waals surface area (Å²) in [5, 5.41) is 3.18. The molecule has 0 bridgehead atoms. The lowest BCUT2D eigenvalue weighted by Gasteiger charge is -2.11. The topological polar surface area (TPSA) is 124 Å². The van der Waals surface area contributed by atoms with Crippen LogP contribution in [0, 0.1) is 6.92 Å². The zero-order valence-electron chi connectivity index (χ0n) is 25.2. The first-order chi connectivity index (χ1) is 22.7. The highest BCUT2D eigenvalue weighted by atomic mass is 16.7. The van der Waals surface area contributed by atoms with Crippen molar-refractivity contribution in [2.45, 2.75) is 6.92 Å². The van der Waals surface area contributed by atoms with Gasteiger partial charge in [-0.15, -0.1) is 0 Å². The average molecular weight is 633 g/mol. The Hall–Kier alpha value is -6.42. The molecule has 0 aliphatic carbocycles. The molecule has 47 heavy (non-hydrogen) atoms. The van der Waals surface area contributed by atoms with Crippen molar-refractivity contribution in [3.63, 3.8) is 0 Å². The lowest BCUT2D eigenvalue weighted by atomic mass is 10.1. The standard InChI is InChI=1S/C37H28O10/c1-4-34(38)44-21-42-30-12-10-24-17-28(8-6-26(24)19-30)36(40)46-32-14-15-33(23(3)16-32)47-37(41)29-9-7-27-20-31(13-11-25(27)18-29)43-22-45-35(39)5-2/h4-20H,1-2,21-22H2,3H3. The molecule has 0 aromatic heterocycles. The summed E-state index contributed by atoms with van der Waals surface area (Å²) in [7, 11) is 0. The van der Waals surface area contributed by atoms with Gasteiger partial charge in [0.2, 0.25) is 13.6 Å². The lowest BCUT2D eigenvalue weighted by Crippen LogP contribution is -2.10. The second-order valence-electron chi connectivity index (χ2n) is 10.0. The molecule has 10 nitrogen and oxygen atoms in total. The van der Waals surface area contributed by atoms with Crippen LogP contribution in [0.3, 0.4) is 0 Å². The minimum absolute atomic E-state index is 0.251. The molecule has 0 N–H and O–H groups in total. The highest BCUT2D eigenvalue weighted by Gasteiger charge is 2.15. The van der Waals surface area contributed by atoms with E-state index in [1.165, 1.54) is 0 Å². The molecule has 0 aliphatic rings. The Labute approximate surface area is 269 Å². The van der Waals surface area contributed by atoms with Crippen molar-refractivity contribution in [2.75, 3.05) is 13.6 Å². The van der Waals surface area contributed by atoms with Gasteiger partial charge in [0.05, 0.1) is 11.1 Å². The number of aryl methyl sites for hydroxylation is 1. The van der Waals surface area contributed by atoms with E-state index in [9.17, 15) is 19.2 Å². The van der Waals surface area contributed by atoms with E-state index in [2.05, 4.69) is 13.2 Å². The van der Waals surface area contributed by atoms with Crippen molar-refractivity contribution in [3.05, 3.63) is 133 Å². The predicted molar refractivity (Wildman–Crippen MR) is 173 cm³/mol. The van der Waals surface area contributed by atoms with Crippen LogP contribution in [0.5, 0.6) is 23.0 Å². The lowest BCUT2D eigenvalue weighted by molar-refractivity contribution is -0.145. The molecule has 0 saturated heterocycles. The molecule has 0 unspecified atom stereocenters. The SMILES string of the molecule is C=CC(=O)OCOc1ccc2cc(C(=O)Oc3ccc(OC(=O)c4ccc5cc(OCOC(=O)C=C)ccc5c4)c(C)c3)ccc2c1. The summed E-state index contributed by atoms with van der Waals surface area (Å²) >= 11 is 0. The monoisotopic (exact) mass is 632 g/mol. The van der Waals surface area contributed by atoms with Crippen molar-refractivity contribution in [2.24, 2.45) is 0 Å². The van der Waals surface area contributed by atoms with E-state index in [0.717, 1.165) is 33.7 Å². The summed E-state index contributed by atoms with van der Waals surface area (Å²) < 4.78 is 31.7. The highest BCUT2D eigenvalue weighted by molar-refractivity contribution is 5.98. The third-order valence-electron chi connectivity index (χ3n) is 6.84. The van der Waals surface area contributed by atoms with Gasteiger partial charge < -0.3 is 28.4 Å². The third-order valence-corrected chi connectivity index (χ3v) is 6.84. The molecule has 0 aliphatic heterocycles. The fourth-order valence-corrected chi connectivity index (χ4v) is 4.43. The van der Waals surface area contributed by atoms with E-state index < -0.39 is 23.9 Å². The first kappa shape index (κ1) is 32.0. The molecule has 0 radical (unpaired) electrons. The minimum Gasteiger partial charge on any atom is -0.457 e. The van der Waals surface area contributed by atoms with Gasteiger partial charge in [-0.2, -0.15) is 0 Å². The van der Waals surface area contributed by atoms with E-state index in [4.69, 9.17) is 28.4 Å². The van der Waals surface area contributed by atoms with E-state index in [1.54, 1.807) is 97.9 Å². The smallest absolute Gasteiger partial charge is 0.343 e. The summed E-state index contributed by atoms with van der Waals surface area (Å²) in [5.41, 5.74) is 1.27. The molecular weight excluding hydrogens is 604 g/mol. The van der Waals surface area contributed by atoms with Crippen LogP contribution in [0.25, 0.3) is 21.5 Å². The van der Waals surface area contributed by atoms with Gasteiger partial charge in [0.25, 0.3) is 0 Å². The number of benzene rings is 5. The van der Waals surface area contributed by atoms with Crippen LogP contribution in [0.1, 0.15) is 26.3 Å². The van der Waals surface area contributed by atoms with Crippen molar-refractivity contribution >= 4 is 45.4 Å². The van der Waals surface area contributed by atoms with Crippen LogP contribution in [-0.4, -0.2) is 37.5 Å². The molecule has 0 saturated carbocycles. The van der Waals surface area contributed by atoms with Crippen molar-refractivity contribution in [1.82, 2.24) is 0 Å². The minimum atomic E-state index is -0.586. The van der Waals surface area contributed by atoms with E-state index in [-0.39, 0.29) is 19.3 Å². The van der Waals surface area contributed by atoms with Crippen LogP contribution in [-0.2, 0) is 19.1 Å². The van der Waals surface area contributed by atoms with Crippen molar-refractivity contribution in [1.29, 1.82) is 0 Å². The Bertz CT molecular complexity index is 2030. The highest BCUT2D eigenvalue weighted by Crippen LogP contribution is 2.28. The van der Waals surface area contributed by atoms with Gasteiger partial charge in [-0.1, -0.05) is 37.4 Å². The van der Waals surface area contributed by atoms with Gasteiger partial charge in [-0.25, -0.2) is 19.2 Å². The summed E-state index contributed by atoms with van der Waals surface area (Å²) in [4.78, 5) is 48.2.